The predicted octanol–water partition coefficient (Wildman–Crippen LogP) is 0.756. The number of aliphatic carboxylic acids is 1. The molecule has 1 aliphatic rings. The molecule has 0 aromatic heterocycles. The Morgan fingerprint density at radius 2 is 2.67 bits per heavy atom. The standard InChI is InChI=1S/C5H8O3S/c6-5(7)1-4-2-8-9-3-4/h4H,1-3H2,(H,6,7). The molecule has 1 unspecified atom stereocenters. The van der Waals surface area contributed by atoms with Gasteiger partial charge in [0.15, 0.2) is 0 Å². The molecule has 1 N–H and O–H groups in total. The monoisotopic (exact) mass is 148 g/mol. The zero-order valence-electron chi connectivity index (χ0n) is 4.87. The van der Waals surface area contributed by atoms with Crippen molar-refractivity contribution in [2.75, 3.05) is 12.4 Å². The first kappa shape index (κ1) is 6.89. The van der Waals surface area contributed by atoms with Gasteiger partial charge in [-0.2, -0.15) is 0 Å². The first-order chi connectivity index (χ1) is 4.29. The van der Waals surface area contributed by atoms with Crippen molar-refractivity contribution < 1.29 is 14.1 Å². The van der Waals surface area contributed by atoms with Crippen LogP contribution in [0.15, 0.2) is 0 Å². The summed E-state index contributed by atoms with van der Waals surface area (Å²) in [6, 6.07) is 0. The highest BCUT2D eigenvalue weighted by atomic mass is 32.2. The van der Waals surface area contributed by atoms with Gasteiger partial charge in [-0.1, -0.05) is 0 Å². The van der Waals surface area contributed by atoms with Crippen molar-refractivity contribution in [3.8, 4) is 0 Å². The molecule has 0 aromatic rings. The average molecular weight is 148 g/mol. The molecule has 1 saturated heterocycles. The van der Waals surface area contributed by atoms with Gasteiger partial charge in [-0.3, -0.25) is 4.79 Å². The highest BCUT2D eigenvalue weighted by molar-refractivity contribution is 7.94. The third-order valence-corrected chi connectivity index (χ3v) is 2.06. The lowest BCUT2D eigenvalue weighted by Crippen LogP contribution is -2.09. The molecule has 0 radical (unpaired) electrons. The lowest BCUT2D eigenvalue weighted by molar-refractivity contribution is -0.138. The van der Waals surface area contributed by atoms with Gasteiger partial charge in [-0.15, -0.1) is 0 Å². The Morgan fingerprint density at radius 3 is 3.11 bits per heavy atom. The van der Waals surface area contributed by atoms with E-state index in [1.165, 1.54) is 12.0 Å². The van der Waals surface area contributed by atoms with Gasteiger partial charge in [-0.25, -0.2) is 0 Å². The van der Waals surface area contributed by atoms with Crippen molar-refractivity contribution in [2.45, 2.75) is 6.42 Å². The maximum atomic E-state index is 10.1. The molecule has 9 heavy (non-hydrogen) atoms. The molecule has 3 nitrogen and oxygen atoms in total. The van der Waals surface area contributed by atoms with Crippen molar-refractivity contribution in [2.24, 2.45) is 5.92 Å². The molecule has 52 valence electrons. The lowest BCUT2D eigenvalue weighted by Gasteiger charge is -1.98. The van der Waals surface area contributed by atoms with Crippen LogP contribution in [0.1, 0.15) is 6.42 Å². The van der Waals surface area contributed by atoms with Crippen LogP contribution < -0.4 is 0 Å². The number of rotatable bonds is 2. The highest BCUT2D eigenvalue weighted by Gasteiger charge is 2.19. The summed E-state index contributed by atoms with van der Waals surface area (Å²) in [4.78, 5) is 10.1. The van der Waals surface area contributed by atoms with Crippen LogP contribution in [0.5, 0.6) is 0 Å². The van der Waals surface area contributed by atoms with E-state index < -0.39 is 5.97 Å². The molecule has 0 bridgehead atoms. The Hall–Kier alpha value is -0.220. The van der Waals surface area contributed by atoms with E-state index in [2.05, 4.69) is 0 Å². The maximum absolute atomic E-state index is 10.1. The van der Waals surface area contributed by atoms with Crippen molar-refractivity contribution in [1.29, 1.82) is 0 Å². The van der Waals surface area contributed by atoms with E-state index in [0.29, 0.717) is 6.61 Å². The molecule has 1 rings (SSSR count). The molecule has 4 heteroatoms. The molecule has 1 atom stereocenters. The number of carboxylic acids is 1. The third-order valence-electron chi connectivity index (χ3n) is 1.15. The molecular weight excluding hydrogens is 140 g/mol. The minimum absolute atomic E-state index is 0.229. The summed E-state index contributed by atoms with van der Waals surface area (Å²) in [7, 11) is 0. The van der Waals surface area contributed by atoms with Crippen LogP contribution >= 0.6 is 12.0 Å². The summed E-state index contributed by atoms with van der Waals surface area (Å²) in [5, 5.41) is 8.31. The second-order valence-corrected chi connectivity index (χ2v) is 2.84. The lowest BCUT2D eigenvalue weighted by atomic mass is 10.1. The summed E-state index contributed by atoms with van der Waals surface area (Å²) >= 11 is 1.36. The van der Waals surface area contributed by atoms with Gasteiger partial charge in [0, 0.05) is 11.7 Å². The molecule has 0 aromatic carbocycles. The summed E-state index contributed by atoms with van der Waals surface area (Å²) < 4.78 is 4.91. The first-order valence-corrected chi connectivity index (χ1v) is 3.66. The van der Waals surface area contributed by atoms with Gasteiger partial charge in [-0.05, 0) is 12.0 Å². The number of carboxylic acid groups (broad SMARTS) is 1. The van der Waals surface area contributed by atoms with Gasteiger partial charge in [0.1, 0.15) is 0 Å². The number of carbonyl (C=O) groups is 1. The van der Waals surface area contributed by atoms with Gasteiger partial charge < -0.3 is 9.29 Å². The Balaban J connectivity index is 2.19. The zero-order chi connectivity index (χ0) is 6.69. The van der Waals surface area contributed by atoms with Crippen LogP contribution in [-0.4, -0.2) is 23.4 Å². The topological polar surface area (TPSA) is 46.5 Å². The van der Waals surface area contributed by atoms with Crippen LogP contribution in [0.3, 0.4) is 0 Å². The summed E-state index contributed by atoms with van der Waals surface area (Å²) in [5.41, 5.74) is 0. The highest BCUT2D eigenvalue weighted by Crippen LogP contribution is 2.22. The molecule has 1 heterocycles. The molecule has 0 saturated carbocycles. The minimum atomic E-state index is -0.730. The normalized spacial score (nSPS) is 26.4. The number of hydrogen-bond acceptors (Lipinski definition) is 3. The maximum Gasteiger partial charge on any atom is 0.303 e. The van der Waals surface area contributed by atoms with Gasteiger partial charge >= 0.3 is 5.97 Å². The third kappa shape index (κ3) is 2.24. The summed E-state index contributed by atoms with van der Waals surface area (Å²) in [6.07, 6.45) is 0.243. The van der Waals surface area contributed by atoms with Crippen LogP contribution in [0.25, 0.3) is 0 Å². The second-order valence-electron chi connectivity index (χ2n) is 2.03. The Morgan fingerprint density at radius 1 is 1.89 bits per heavy atom. The predicted molar refractivity (Wildman–Crippen MR) is 34.2 cm³/mol. The van der Waals surface area contributed by atoms with Crippen LogP contribution in [0.2, 0.25) is 0 Å². The Kier molecular flexibility index (Phi) is 2.36. The van der Waals surface area contributed by atoms with Gasteiger partial charge in [0.2, 0.25) is 0 Å². The van der Waals surface area contributed by atoms with Crippen LogP contribution in [0, 0.1) is 5.92 Å². The SMILES string of the molecule is O=C(O)CC1COSC1. The van der Waals surface area contributed by atoms with Gasteiger partial charge in [0.05, 0.1) is 13.0 Å². The van der Waals surface area contributed by atoms with Crippen molar-refractivity contribution in [1.82, 2.24) is 0 Å². The molecule has 0 aliphatic carbocycles. The van der Waals surface area contributed by atoms with Crippen LogP contribution in [-0.2, 0) is 8.98 Å². The van der Waals surface area contributed by atoms with Gasteiger partial charge in [0.25, 0.3) is 0 Å². The molecule has 0 spiro atoms. The fourth-order valence-electron chi connectivity index (χ4n) is 0.702. The van der Waals surface area contributed by atoms with Crippen LogP contribution in [0.4, 0.5) is 0 Å². The quantitative estimate of drug-likeness (QED) is 0.587. The van der Waals surface area contributed by atoms with E-state index >= 15 is 0 Å². The van der Waals surface area contributed by atoms with Crippen molar-refractivity contribution in [3.05, 3.63) is 0 Å². The van der Waals surface area contributed by atoms with E-state index in [1.54, 1.807) is 0 Å². The van der Waals surface area contributed by atoms with E-state index in [0.717, 1.165) is 5.75 Å². The fraction of sp³-hybridized carbons (Fsp3) is 0.800. The molecule has 1 aliphatic heterocycles. The number of hydrogen-bond donors (Lipinski definition) is 1. The summed E-state index contributed by atoms with van der Waals surface area (Å²) in [5.74, 6) is 0.324. The van der Waals surface area contributed by atoms with E-state index in [1.807, 2.05) is 0 Å². The van der Waals surface area contributed by atoms with Crippen molar-refractivity contribution >= 4 is 18.0 Å². The smallest absolute Gasteiger partial charge is 0.303 e. The molecular formula is C5H8O3S. The molecule has 0 amide bonds. The molecule has 1 fully saturated rings. The average Bonchev–Trinajstić information content (AvgIpc) is 2.15. The second kappa shape index (κ2) is 3.08. The largest absolute Gasteiger partial charge is 0.481 e. The minimum Gasteiger partial charge on any atom is -0.481 e. The summed E-state index contributed by atoms with van der Waals surface area (Å²) in [6.45, 7) is 0.594. The van der Waals surface area contributed by atoms with E-state index in [9.17, 15) is 4.79 Å². The van der Waals surface area contributed by atoms with Crippen molar-refractivity contribution in [3.63, 3.8) is 0 Å². The Labute approximate surface area is 57.6 Å². The fourth-order valence-corrected chi connectivity index (χ4v) is 1.49. The van der Waals surface area contributed by atoms with E-state index in [-0.39, 0.29) is 12.3 Å². The van der Waals surface area contributed by atoms with E-state index in [4.69, 9.17) is 9.29 Å². The first-order valence-electron chi connectivity index (χ1n) is 2.75. The zero-order valence-corrected chi connectivity index (χ0v) is 5.69. The Bertz CT molecular complexity index is 109.